The molecule has 0 fully saturated rings. The maximum atomic E-state index is 5.43. The van der Waals surface area contributed by atoms with Gasteiger partial charge in [0.1, 0.15) is 0 Å². The zero-order valence-corrected chi connectivity index (χ0v) is 9.69. The molecule has 0 spiro atoms. The molecule has 0 amide bonds. The van der Waals surface area contributed by atoms with Crippen LogP contribution in [0.1, 0.15) is 25.8 Å². The predicted molar refractivity (Wildman–Crippen MR) is 67.4 cm³/mol. The molecule has 84 valence electrons. The maximum Gasteiger partial charge on any atom is 0.0178 e. The van der Waals surface area contributed by atoms with Crippen molar-refractivity contribution < 1.29 is 0 Å². The average molecular weight is 206 g/mol. The normalized spacial score (nSPS) is 12.0. The third-order valence-electron chi connectivity index (χ3n) is 1.82. The molecule has 2 nitrogen and oxygen atoms in total. The lowest BCUT2D eigenvalue weighted by molar-refractivity contribution is 0.756. The molecule has 1 unspecified atom stereocenters. The van der Waals surface area contributed by atoms with E-state index < -0.39 is 0 Å². The van der Waals surface area contributed by atoms with Gasteiger partial charge < -0.3 is 11.5 Å². The van der Waals surface area contributed by atoms with Crippen molar-refractivity contribution in [2.75, 3.05) is 0 Å². The zero-order valence-electron chi connectivity index (χ0n) is 9.69. The first-order chi connectivity index (χ1) is 7.20. The van der Waals surface area contributed by atoms with Gasteiger partial charge in [0.25, 0.3) is 0 Å². The van der Waals surface area contributed by atoms with E-state index in [1.165, 1.54) is 5.56 Å². The van der Waals surface area contributed by atoms with Crippen molar-refractivity contribution in [3.8, 4) is 0 Å². The average Bonchev–Trinajstić information content (AvgIpc) is 2.28. The second-order valence-corrected chi connectivity index (χ2v) is 3.47. The fraction of sp³-hybridized carbons (Fsp3) is 0.385. The first kappa shape index (κ1) is 13.9. The Kier molecular flexibility index (Phi) is 8.73. The summed E-state index contributed by atoms with van der Waals surface area (Å²) in [5.41, 5.74) is 12.0. The van der Waals surface area contributed by atoms with E-state index in [-0.39, 0.29) is 0 Å². The molecular formula is C13H22N2. The molecule has 0 aliphatic carbocycles. The number of nitrogens with two attached hydrogens (primary N) is 2. The van der Waals surface area contributed by atoms with Gasteiger partial charge in [0.15, 0.2) is 0 Å². The molecule has 1 rings (SSSR count). The Morgan fingerprint density at radius 2 is 1.87 bits per heavy atom. The van der Waals surface area contributed by atoms with Gasteiger partial charge >= 0.3 is 0 Å². The summed E-state index contributed by atoms with van der Waals surface area (Å²) in [5.74, 6) is 0. The number of hydrogen-bond donors (Lipinski definition) is 2. The summed E-state index contributed by atoms with van der Waals surface area (Å²) in [4.78, 5) is 0. The summed E-state index contributed by atoms with van der Waals surface area (Å²) < 4.78 is 0. The minimum atomic E-state index is 0.316. The van der Waals surface area contributed by atoms with E-state index >= 15 is 0 Å². The van der Waals surface area contributed by atoms with Crippen molar-refractivity contribution in [1.29, 1.82) is 0 Å². The summed E-state index contributed by atoms with van der Waals surface area (Å²) in [6.07, 6.45) is 5.09. The second-order valence-electron chi connectivity index (χ2n) is 3.47. The summed E-state index contributed by atoms with van der Waals surface area (Å²) >= 11 is 0. The largest absolute Gasteiger partial charge is 0.328 e. The van der Waals surface area contributed by atoms with Gasteiger partial charge in [-0.2, -0.15) is 0 Å². The highest BCUT2D eigenvalue weighted by Gasteiger charge is 1.83. The molecule has 0 saturated heterocycles. The minimum Gasteiger partial charge on any atom is -0.328 e. The topological polar surface area (TPSA) is 52.0 Å². The van der Waals surface area contributed by atoms with Gasteiger partial charge in [-0.25, -0.2) is 0 Å². The molecule has 2 heteroatoms. The van der Waals surface area contributed by atoms with Crippen LogP contribution in [-0.4, -0.2) is 6.04 Å². The third-order valence-corrected chi connectivity index (χ3v) is 1.82. The van der Waals surface area contributed by atoms with Crippen LogP contribution >= 0.6 is 0 Å². The third kappa shape index (κ3) is 9.19. The Balaban J connectivity index is 0.000000265. The molecule has 1 atom stereocenters. The Labute approximate surface area is 93.0 Å². The molecule has 1 aromatic carbocycles. The highest BCUT2D eigenvalue weighted by Crippen LogP contribution is 1.94. The van der Waals surface area contributed by atoms with Gasteiger partial charge in [-0.05, 0) is 25.8 Å². The Hall–Kier alpha value is -1.12. The monoisotopic (exact) mass is 206 g/mol. The second kappa shape index (κ2) is 9.44. The fourth-order valence-electron chi connectivity index (χ4n) is 0.965. The van der Waals surface area contributed by atoms with E-state index in [1.807, 2.05) is 50.3 Å². The first-order valence-electron chi connectivity index (χ1n) is 5.31. The number of rotatable bonds is 3. The molecule has 4 N–H and O–H groups in total. The van der Waals surface area contributed by atoms with Crippen molar-refractivity contribution in [3.63, 3.8) is 0 Å². The first-order valence-corrected chi connectivity index (χ1v) is 5.31. The van der Waals surface area contributed by atoms with Crippen LogP contribution in [0.25, 0.3) is 0 Å². The van der Waals surface area contributed by atoms with Crippen LogP contribution < -0.4 is 11.5 Å². The molecule has 0 aromatic heterocycles. The van der Waals surface area contributed by atoms with Crippen LogP contribution in [-0.2, 0) is 6.54 Å². The summed E-state index contributed by atoms with van der Waals surface area (Å²) in [6, 6.07) is 10.3. The van der Waals surface area contributed by atoms with Crippen LogP contribution in [0.2, 0.25) is 0 Å². The lowest BCUT2D eigenvalue weighted by Gasteiger charge is -1.94. The molecule has 0 bridgehead atoms. The lowest BCUT2D eigenvalue weighted by atomic mass is 10.2. The number of benzene rings is 1. The summed E-state index contributed by atoms with van der Waals surface area (Å²) in [5, 5.41) is 0. The van der Waals surface area contributed by atoms with Crippen molar-refractivity contribution >= 4 is 0 Å². The Bertz CT molecular complexity index is 252. The van der Waals surface area contributed by atoms with E-state index in [1.54, 1.807) is 0 Å². The van der Waals surface area contributed by atoms with Crippen molar-refractivity contribution in [2.24, 2.45) is 11.5 Å². The van der Waals surface area contributed by atoms with E-state index in [0.29, 0.717) is 12.6 Å². The molecular weight excluding hydrogens is 184 g/mol. The molecule has 1 aromatic rings. The van der Waals surface area contributed by atoms with Crippen molar-refractivity contribution in [1.82, 2.24) is 0 Å². The highest BCUT2D eigenvalue weighted by atomic mass is 14.6. The quantitative estimate of drug-likeness (QED) is 0.746. The highest BCUT2D eigenvalue weighted by molar-refractivity contribution is 5.13. The van der Waals surface area contributed by atoms with Crippen molar-refractivity contribution in [3.05, 3.63) is 48.0 Å². The molecule has 15 heavy (non-hydrogen) atoms. The van der Waals surface area contributed by atoms with Crippen LogP contribution in [0.5, 0.6) is 0 Å². The van der Waals surface area contributed by atoms with Gasteiger partial charge in [0.05, 0.1) is 0 Å². The van der Waals surface area contributed by atoms with E-state index in [9.17, 15) is 0 Å². The van der Waals surface area contributed by atoms with Gasteiger partial charge in [-0.1, -0.05) is 42.5 Å². The molecule has 0 saturated carbocycles. The zero-order chi connectivity index (χ0) is 11.5. The van der Waals surface area contributed by atoms with Crippen LogP contribution in [0.15, 0.2) is 42.5 Å². The standard InChI is InChI=1S/C7H9N.C6H13N/c8-6-7-4-2-1-3-5-7;1-3-4-5-6(2)7/h1-5H,6,8H2;3-4,6H,5,7H2,1-2H3/b;4-3-. The molecule has 0 heterocycles. The van der Waals surface area contributed by atoms with Gasteiger partial charge in [0.2, 0.25) is 0 Å². The van der Waals surface area contributed by atoms with Crippen LogP contribution in [0, 0.1) is 0 Å². The molecule has 0 aliphatic rings. The Morgan fingerprint density at radius 3 is 2.13 bits per heavy atom. The van der Waals surface area contributed by atoms with Gasteiger partial charge in [0, 0.05) is 12.6 Å². The Morgan fingerprint density at radius 1 is 1.27 bits per heavy atom. The van der Waals surface area contributed by atoms with Crippen molar-refractivity contribution in [2.45, 2.75) is 32.9 Å². The minimum absolute atomic E-state index is 0.316. The SMILES string of the molecule is C/C=C\CC(C)N.NCc1ccccc1. The molecule has 0 radical (unpaired) electrons. The fourth-order valence-corrected chi connectivity index (χ4v) is 0.965. The van der Waals surface area contributed by atoms with Gasteiger partial charge in [-0.15, -0.1) is 0 Å². The van der Waals surface area contributed by atoms with E-state index in [0.717, 1.165) is 6.42 Å². The van der Waals surface area contributed by atoms with Crippen LogP contribution in [0.4, 0.5) is 0 Å². The maximum absolute atomic E-state index is 5.43. The number of allylic oxidation sites excluding steroid dienone is 1. The van der Waals surface area contributed by atoms with E-state index in [2.05, 4.69) is 6.08 Å². The summed E-state index contributed by atoms with van der Waals surface area (Å²) in [6.45, 7) is 4.64. The lowest BCUT2D eigenvalue weighted by Crippen LogP contribution is -2.12. The predicted octanol–water partition coefficient (Wildman–Crippen LogP) is 2.45. The van der Waals surface area contributed by atoms with Crippen LogP contribution in [0.3, 0.4) is 0 Å². The number of hydrogen-bond acceptors (Lipinski definition) is 2. The summed E-state index contributed by atoms with van der Waals surface area (Å²) in [7, 11) is 0. The van der Waals surface area contributed by atoms with E-state index in [4.69, 9.17) is 11.5 Å². The molecule has 0 aliphatic heterocycles. The van der Waals surface area contributed by atoms with Gasteiger partial charge in [-0.3, -0.25) is 0 Å². The smallest absolute Gasteiger partial charge is 0.0178 e.